The Morgan fingerprint density at radius 1 is 1.25 bits per heavy atom. The minimum atomic E-state index is -4.79. The highest BCUT2D eigenvalue weighted by atomic mass is 32.2. The lowest BCUT2D eigenvalue weighted by Crippen LogP contribution is -2.26. The van der Waals surface area contributed by atoms with Crippen LogP contribution < -0.4 is 14.8 Å². The third kappa shape index (κ3) is 5.73. The van der Waals surface area contributed by atoms with Crippen LogP contribution in [0.3, 0.4) is 0 Å². The van der Waals surface area contributed by atoms with Gasteiger partial charge in [-0.05, 0) is 31.5 Å². The SMILES string of the molecule is CCOc1cncc(-c2cnc(C(=O)N[C@@H](C)c3cccc(NS(=O)(=O)C(F)F)c3)s2)n1. The van der Waals surface area contributed by atoms with Crippen LogP contribution in [0.2, 0.25) is 0 Å². The highest BCUT2D eigenvalue weighted by molar-refractivity contribution is 7.93. The summed E-state index contributed by atoms with van der Waals surface area (Å²) >= 11 is 1.12. The summed E-state index contributed by atoms with van der Waals surface area (Å²) in [6.07, 6.45) is 4.52. The molecule has 3 aromatic rings. The Labute approximate surface area is 187 Å². The van der Waals surface area contributed by atoms with Crippen LogP contribution in [0.15, 0.2) is 42.9 Å². The quantitative estimate of drug-likeness (QED) is 0.478. The van der Waals surface area contributed by atoms with Gasteiger partial charge in [0.05, 0.1) is 29.9 Å². The van der Waals surface area contributed by atoms with Crippen LogP contribution in [0.5, 0.6) is 5.88 Å². The first-order valence-corrected chi connectivity index (χ1v) is 11.7. The molecule has 170 valence electrons. The fraction of sp³-hybridized carbons (Fsp3) is 0.263. The number of sulfonamides is 1. The molecule has 2 N–H and O–H groups in total. The zero-order valence-electron chi connectivity index (χ0n) is 17.0. The molecule has 2 heterocycles. The van der Waals surface area contributed by atoms with Gasteiger partial charge >= 0.3 is 5.76 Å². The molecule has 0 saturated heterocycles. The van der Waals surface area contributed by atoms with Crippen molar-refractivity contribution in [3.05, 3.63) is 53.4 Å². The van der Waals surface area contributed by atoms with Crippen LogP contribution in [0.25, 0.3) is 10.6 Å². The Morgan fingerprint density at radius 3 is 2.75 bits per heavy atom. The van der Waals surface area contributed by atoms with Gasteiger partial charge < -0.3 is 10.1 Å². The van der Waals surface area contributed by atoms with Crippen LogP contribution in [0, 0.1) is 0 Å². The summed E-state index contributed by atoms with van der Waals surface area (Å²) in [7, 11) is -4.79. The van der Waals surface area contributed by atoms with Gasteiger partial charge in [0.15, 0.2) is 5.01 Å². The Morgan fingerprint density at radius 2 is 2.03 bits per heavy atom. The van der Waals surface area contributed by atoms with E-state index in [0.717, 1.165) is 11.3 Å². The Kier molecular flexibility index (Phi) is 7.30. The molecule has 0 saturated carbocycles. The van der Waals surface area contributed by atoms with Crippen molar-refractivity contribution in [1.82, 2.24) is 20.3 Å². The molecule has 0 aliphatic rings. The summed E-state index contributed by atoms with van der Waals surface area (Å²) in [5.41, 5.74) is 0.993. The standard InChI is InChI=1S/C19H19F2N5O4S2/c1-3-30-16-10-22-8-14(25-16)15-9-23-18(31-15)17(27)24-11(2)12-5-4-6-13(7-12)26-32(28,29)19(20)21/h4-11,19,26H,3H2,1-2H3,(H,24,27)/t11-/m0/s1. The predicted molar refractivity (Wildman–Crippen MR) is 115 cm³/mol. The third-order valence-electron chi connectivity index (χ3n) is 4.09. The lowest BCUT2D eigenvalue weighted by atomic mass is 10.1. The molecule has 9 nitrogen and oxygen atoms in total. The maximum atomic E-state index is 12.6. The topological polar surface area (TPSA) is 123 Å². The van der Waals surface area contributed by atoms with Crippen molar-refractivity contribution in [1.29, 1.82) is 0 Å². The van der Waals surface area contributed by atoms with Crippen molar-refractivity contribution in [3.8, 4) is 16.5 Å². The maximum Gasteiger partial charge on any atom is 0.355 e. The molecule has 0 aliphatic carbocycles. The van der Waals surface area contributed by atoms with E-state index in [2.05, 4.69) is 20.3 Å². The highest BCUT2D eigenvalue weighted by Crippen LogP contribution is 2.26. The number of nitrogens with zero attached hydrogens (tertiary/aromatic N) is 3. The summed E-state index contributed by atoms with van der Waals surface area (Å²) in [5.74, 6) is -3.65. The number of rotatable bonds is 9. The van der Waals surface area contributed by atoms with Gasteiger partial charge in [-0.15, -0.1) is 11.3 Å². The van der Waals surface area contributed by atoms with E-state index in [0.29, 0.717) is 28.6 Å². The smallest absolute Gasteiger partial charge is 0.355 e. The first kappa shape index (κ1) is 23.5. The molecule has 0 unspecified atom stereocenters. The predicted octanol–water partition coefficient (Wildman–Crippen LogP) is 3.45. The maximum absolute atomic E-state index is 12.6. The number of anilines is 1. The molecule has 0 aliphatic heterocycles. The number of benzene rings is 1. The average molecular weight is 484 g/mol. The number of carbonyl (C=O) groups is 1. The number of hydrogen-bond acceptors (Lipinski definition) is 8. The van der Waals surface area contributed by atoms with Crippen molar-refractivity contribution >= 4 is 33.0 Å². The number of hydrogen-bond donors (Lipinski definition) is 2. The number of ether oxygens (including phenoxy) is 1. The first-order chi connectivity index (χ1) is 15.2. The number of halogens is 2. The lowest BCUT2D eigenvalue weighted by Gasteiger charge is -2.15. The molecule has 3 rings (SSSR count). The van der Waals surface area contributed by atoms with Gasteiger partial charge in [0.2, 0.25) is 5.88 Å². The molecule has 1 atom stereocenters. The van der Waals surface area contributed by atoms with Gasteiger partial charge in [0.1, 0.15) is 5.69 Å². The molecule has 13 heteroatoms. The van der Waals surface area contributed by atoms with Crippen molar-refractivity contribution in [2.45, 2.75) is 25.6 Å². The second kappa shape index (κ2) is 9.96. The zero-order chi connectivity index (χ0) is 23.3. The van der Waals surface area contributed by atoms with E-state index in [1.165, 1.54) is 36.8 Å². The molecule has 1 aromatic carbocycles. The minimum absolute atomic E-state index is 0.0341. The summed E-state index contributed by atoms with van der Waals surface area (Å²) in [6.45, 7) is 3.94. The number of nitrogens with one attached hydrogen (secondary N) is 2. The highest BCUT2D eigenvalue weighted by Gasteiger charge is 2.24. The molecule has 0 fully saturated rings. The van der Waals surface area contributed by atoms with Crippen LogP contribution in [-0.2, 0) is 10.0 Å². The van der Waals surface area contributed by atoms with Gasteiger partial charge in [-0.25, -0.2) is 18.4 Å². The van der Waals surface area contributed by atoms with Gasteiger partial charge in [-0.3, -0.25) is 14.5 Å². The average Bonchev–Trinajstić information content (AvgIpc) is 3.24. The van der Waals surface area contributed by atoms with E-state index in [4.69, 9.17) is 4.74 Å². The second-order valence-electron chi connectivity index (χ2n) is 6.43. The zero-order valence-corrected chi connectivity index (χ0v) is 18.6. The summed E-state index contributed by atoms with van der Waals surface area (Å²) in [4.78, 5) is 25.7. The summed E-state index contributed by atoms with van der Waals surface area (Å²) in [6, 6.07) is 5.28. The van der Waals surface area contributed by atoms with Crippen LogP contribution >= 0.6 is 11.3 Å². The van der Waals surface area contributed by atoms with Gasteiger partial charge in [0, 0.05) is 11.9 Å². The molecule has 0 spiro atoms. The molecule has 2 aromatic heterocycles. The monoisotopic (exact) mass is 483 g/mol. The molecule has 1 amide bonds. The number of thiazole rings is 1. The number of alkyl halides is 2. The molecule has 32 heavy (non-hydrogen) atoms. The Hall–Kier alpha value is -3.19. The summed E-state index contributed by atoms with van der Waals surface area (Å²) < 4.78 is 55.0. The van der Waals surface area contributed by atoms with Crippen molar-refractivity contribution in [3.63, 3.8) is 0 Å². The largest absolute Gasteiger partial charge is 0.477 e. The van der Waals surface area contributed by atoms with Crippen LogP contribution in [0.1, 0.15) is 35.3 Å². The van der Waals surface area contributed by atoms with Crippen LogP contribution in [-0.4, -0.2) is 41.6 Å². The Bertz CT molecular complexity index is 1200. The van der Waals surface area contributed by atoms with Gasteiger partial charge in [0.25, 0.3) is 15.9 Å². The van der Waals surface area contributed by atoms with Gasteiger partial charge in [-0.2, -0.15) is 8.78 Å². The number of amides is 1. The molecule has 0 bridgehead atoms. The molecule has 0 radical (unpaired) electrons. The molecular formula is C19H19F2N5O4S2. The van der Waals surface area contributed by atoms with Crippen LogP contribution in [0.4, 0.5) is 14.5 Å². The second-order valence-corrected chi connectivity index (χ2v) is 9.11. The van der Waals surface area contributed by atoms with E-state index < -0.39 is 27.7 Å². The number of carbonyl (C=O) groups excluding carboxylic acids is 1. The fourth-order valence-electron chi connectivity index (χ4n) is 2.60. The van der Waals surface area contributed by atoms with E-state index >= 15 is 0 Å². The lowest BCUT2D eigenvalue weighted by molar-refractivity contribution is 0.0939. The van der Waals surface area contributed by atoms with Crippen molar-refractivity contribution in [2.75, 3.05) is 11.3 Å². The van der Waals surface area contributed by atoms with Crippen molar-refractivity contribution < 1.29 is 26.7 Å². The van der Waals surface area contributed by atoms with E-state index in [1.807, 2.05) is 11.6 Å². The first-order valence-electron chi connectivity index (χ1n) is 9.31. The minimum Gasteiger partial charge on any atom is -0.477 e. The normalized spacial score (nSPS) is 12.4. The van der Waals surface area contributed by atoms with E-state index in [1.54, 1.807) is 13.0 Å². The molecular weight excluding hydrogens is 464 g/mol. The summed E-state index contributed by atoms with van der Waals surface area (Å²) in [5, 5.41) is 2.93. The third-order valence-corrected chi connectivity index (χ3v) is 6.09. The number of aromatic nitrogens is 3. The van der Waals surface area contributed by atoms with E-state index in [9.17, 15) is 22.0 Å². The van der Waals surface area contributed by atoms with E-state index in [-0.39, 0.29) is 10.7 Å². The van der Waals surface area contributed by atoms with Crippen molar-refractivity contribution in [2.24, 2.45) is 0 Å². The van der Waals surface area contributed by atoms with Gasteiger partial charge in [-0.1, -0.05) is 12.1 Å². The fourth-order valence-corrected chi connectivity index (χ4v) is 3.92. The Balaban J connectivity index is 1.70.